The van der Waals surface area contributed by atoms with Crippen LogP contribution in [0.5, 0.6) is 0 Å². The summed E-state index contributed by atoms with van der Waals surface area (Å²) in [6.45, 7) is 0. The van der Waals surface area contributed by atoms with Gasteiger partial charge in [0.25, 0.3) is 5.95 Å². The topological polar surface area (TPSA) is 89.8 Å². The highest BCUT2D eigenvalue weighted by Gasteiger charge is 2.27. The Morgan fingerprint density at radius 3 is 2.81 bits per heavy atom. The summed E-state index contributed by atoms with van der Waals surface area (Å²) in [5, 5.41) is 10.4. The van der Waals surface area contributed by atoms with Gasteiger partial charge in [-0.2, -0.15) is 20.1 Å². The third-order valence-electron chi connectivity index (χ3n) is 3.63. The van der Waals surface area contributed by atoms with Crippen LogP contribution in [0.2, 0.25) is 0 Å². The number of aromatic nitrogens is 5. The van der Waals surface area contributed by atoms with E-state index in [1.165, 1.54) is 0 Å². The number of rotatable bonds is 5. The van der Waals surface area contributed by atoms with Gasteiger partial charge in [-0.25, -0.2) is 4.68 Å². The summed E-state index contributed by atoms with van der Waals surface area (Å²) in [5.41, 5.74) is 0. The van der Waals surface area contributed by atoms with Crippen molar-refractivity contribution in [3.8, 4) is 5.95 Å². The van der Waals surface area contributed by atoms with Gasteiger partial charge in [0.15, 0.2) is 0 Å². The molecule has 0 saturated heterocycles. The van der Waals surface area contributed by atoms with Crippen LogP contribution in [0.4, 0.5) is 11.9 Å². The van der Waals surface area contributed by atoms with Crippen LogP contribution in [-0.4, -0.2) is 51.0 Å². The van der Waals surface area contributed by atoms with E-state index in [1.807, 2.05) is 6.07 Å². The van der Waals surface area contributed by atoms with Gasteiger partial charge >= 0.3 is 0 Å². The second-order valence-electron chi connectivity index (χ2n) is 4.94. The molecule has 1 aliphatic rings. The average molecular weight is 289 g/mol. The van der Waals surface area contributed by atoms with Gasteiger partial charge in [0.2, 0.25) is 11.9 Å². The van der Waals surface area contributed by atoms with E-state index in [4.69, 9.17) is 4.74 Å². The Bertz CT molecular complexity index is 586. The molecule has 21 heavy (non-hydrogen) atoms. The number of anilines is 2. The first-order valence-electron chi connectivity index (χ1n) is 7.03. The molecule has 2 aromatic rings. The van der Waals surface area contributed by atoms with Crippen molar-refractivity contribution in [2.24, 2.45) is 0 Å². The first-order chi connectivity index (χ1) is 10.3. The van der Waals surface area contributed by atoms with Crippen molar-refractivity contribution in [2.45, 2.75) is 31.4 Å². The largest absolute Gasteiger partial charge is 0.379 e. The minimum atomic E-state index is 0.202. The van der Waals surface area contributed by atoms with E-state index in [-0.39, 0.29) is 12.1 Å². The van der Waals surface area contributed by atoms with E-state index in [0.717, 1.165) is 19.3 Å². The number of ether oxygens (including phenoxy) is 1. The number of nitrogens with one attached hydrogen (secondary N) is 2. The molecule has 112 valence electrons. The molecule has 0 amide bonds. The molecular formula is C13H19N7O. The van der Waals surface area contributed by atoms with Crippen LogP contribution in [0.1, 0.15) is 19.3 Å². The van der Waals surface area contributed by atoms with E-state index < -0.39 is 0 Å². The highest BCUT2D eigenvalue weighted by atomic mass is 16.5. The molecule has 1 aliphatic carbocycles. The predicted molar refractivity (Wildman–Crippen MR) is 78.6 cm³/mol. The average Bonchev–Trinajstić information content (AvgIpc) is 3.18. The molecule has 1 saturated carbocycles. The van der Waals surface area contributed by atoms with Crippen LogP contribution >= 0.6 is 0 Å². The molecule has 0 aliphatic heterocycles. The van der Waals surface area contributed by atoms with Gasteiger partial charge in [0.05, 0.1) is 12.1 Å². The smallest absolute Gasteiger partial charge is 0.257 e. The van der Waals surface area contributed by atoms with E-state index in [0.29, 0.717) is 17.8 Å². The van der Waals surface area contributed by atoms with Gasteiger partial charge in [-0.15, -0.1) is 0 Å². The van der Waals surface area contributed by atoms with E-state index >= 15 is 0 Å². The van der Waals surface area contributed by atoms with Crippen molar-refractivity contribution < 1.29 is 4.74 Å². The molecule has 0 bridgehead atoms. The molecule has 2 unspecified atom stereocenters. The van der Waals surface area contributed by atoms with Crippen LogP contribution < -0.4 is 10.6 Å². The first-order valence-corrected chi connectivity index (χ1v) is 7.03. The minimum Gasteiger partial charge on any atom is -0.379 e. The zero-order valence-electron chi connectivity index (χ0n) is 12.2. The Hall–Kier alpha value is -2.22. The van der Waals surface area contributed by atoms with Crippen molar-refractivity contribution in [1.82, 2.24) is 24.7 Å². The zero-order chi connectivity index (χ0) is 14.7. The monoisotopic (exact) mass is 289 g/mol. The molecule has 8 heteroatoms. The lowest BCUT2D eigenvalue weighted by Gasteiger charge is -2.19. The Balaban J connectivity index is 1.86. The van der Waals surface area contributed by atoms with Crippen molar-refractivity contribution in [2.75, 3.05) is 24.8 Å². The van der Waals surface area contributed by atoms with Crippen molar-refractivity contribution in [3.63, 3.8) is 0 Å². The van der Waals surface area contributed by atoms with E-state index in [1.54, 1.807) is 31.2 Å². The fourth-order valence-corrected chi connectivity index (χ4v) is 2.57. The summed E-state index contributed by atoms with van der Waals surface area (Å²) in [6, 6.07) is 2.06. The maximum Gasteiger partial charge on any atom is 0.257 e. The van der Waals surface area contributed by atoms with Gasteiger partial charge in [0.1, 0.15) is 0 Å². The highest BCUT2D eigenvalue weighted by Crippen LogP contribution is 2.24. The maximum absolute atomic E-state index is 5.49. The molecule has 0 spiro atoms. The molecule has 1 fully saturated rings. The summed E-state index contributed by atoms with van der Waals surface area (Å²) in [5.74, 6) is 1.52. The normalized spacial score (nSPS) is 21.4. The fourth-order valence-electron chi connectivity index (χ4n) is 2.57. The zero-order valence-corrected chi connectivity index (χ0v) is 12.2. The van der Waals surface area contributed by atoms with E-state index in [9.17, 15) is 0 Å². The number of hydrogen-bond donors (Lipinski definition) is 2. The molecule has 3 rings (SSSR count). The van der Waals surface area contributed by atoms with Crippen molar-refractivity contribution in [3.05, 3.63) is 18.5 Å². The van der Waals surface area contributed by atoms with Crippen LogP contribution in [0.15, 0.2) is 18.5 Å². The molecule has 2 atom stereocenters. The predicted octanol–water partition coefficient (Wildman–Crippen LogP) is 1.08. The third kappa shape index (κ3) is 2.94. The number of nitrogens with zero attached hydrogens (tertiary/aromatic N) is 5. The second-order valence-corrected chi connectivity index (χ2v) is 4.94. The third-order valence-corrected chi connectivity index (χ3v) is 3.63. The maximum atomic E-state index is 5.49. The van der Waals surface area contributed by atoms with Gasteiger partial charge in [-0.3, -0.25) is 0 Å². The SMILES string of the molecule is CNc1nc(NC2CCCC2OC)nc(-n2cccn2)n1. The van der Waals surface area contributed by atoms with Crippen molar-refractivity contribution in [1.29, 1.82) is 0 Å². The molecule has 2 heterocycles. The van der Waals surface area contributed by atoms with Crippen LogP contribution in [0.25, 0.3) is 5.95 Å². The molecule has 0 aromatic carbocycles. The second kappa shape index (κ2) is 6.04. The summed E-state index contributed by atoms with van der Waals surface area (Å²) < 4.78 is 7.10. The lowest BCUT2D eigenvalue weighted by molar-refractivity contribution is 0.101. The van der Waals surface area contributed by atoms with Crippen LogP contribution in [-0.2, 0) is 4.74 Å². The van der Waals surface area contributed by atoms with Gasteiger partial charge in [-0.05, 0) is 25.3 Å². The molecule has 0 radical (unpaired) electrons. The lowest BCUT2D eigenvalue weighted by Crippen LogP contribution is -2.31. The highest BCUT2D eigenvalue weighted by molar-refractivity contribution is 5.38. The summed E-state index contributed by atoms with van der Waals surface area (Å²) in [6.07, 6.45) is 6.94. The quantitative estimate of drug-likeness (QED) is 0.851. The van der Waals surface area contributed by atoms with Gasteiger partial charge in [-0.1, -0.05) is 0 Å². The molecular weight excluding hydrogens is 270 g/mol. The Morgan fingerprint density at radius 1 is 1.24 bits per heavy atom. The Morgan fingerprint density at radius 2 is 2.10 bits per heavy atom. The Kier molecular flexibility index (Phi) is 3.96. The molecule has 8 nitrogen and oxygen atoms in total. The van der Waals surface area contributed by atoms with E-state index in [2.05, 4.69) is 30.7 Å². The molecule has 2 aromatic heterocycles. The number of hydrogen-bond acceptors (Lipinski definition) is 7. The fraction of sp³-hybridized carbons (Fsp3) is 0.538. The number of methoxy groups -OCH3 is 1. The van der Waals surface area contributed by atoms with Gasteiger partial charge in [0, 0.05) is 26.6 Å². The summed E-state index contributed by atoms with van der Waals surface area (Å²) >= 11 is 0. The van der Waals surface area contributed by atoms with Gasteiger partial charge < -0.3 is 15.4 Å². The Labute approximate surface area is 123 Å². The van der Waals surface area contributed by atoms with Crippen molar-refractivity contribution >= 4 is 11.9 Å². The lowest BCUT2D eigenvalue weighted by atomic mass is 10.2. The summed E-state index contributed by atoms with van der Waals surface area (Å²) in [4.78, 5) is 13.1. The molecule has 2 N–H and O–H groups in total. The van der Waals surface area contributed by atoms with Crippen LogP contribution in [0, 0.1) is 0 Å². The first kappa shape index (κ1) is 13.7. The van der Waals surface area contributed by atoms with Crippen LogP contribution in [0.3, 0.4) is 0 Å². The summed E-state index contributed by atoms with van der Waals surface area (Å²) in [7, 11) is 3.52. The minimum absolute atomic E-state index is 0.202. The standard InChI is InChI=1S/C13H19N7O/c1-14-11-17-12(16-9-5-3-6-10(9)21-2)19-13(18-11)20-8-4-7-15-20/h4,7-10H,3,5-6H2,1-2H3,(H2,14,16,17,18,19).